The van der Waals surface area contributed by atoms with Crippen molar-refractivity contribution in [3.63, 3.8) is 0 Å². The molecule has 1 aromatic carbocycles. The van der Waals surface area contributed by atoms with Crippen molar-refractivity contribution >= 4 is 5.91 Å². The van der Waals surface area contributed by atoms with Crippen molar-refractivity contribution in [2.45, 2.75) is 26.3 Å². The number of hydrogen-bond donors (Lipinski definition) is 1. The number of carbonyl (C=O) groups excluding carboxylic acids is 1. The summed E-state index contributed by atoms with van der Waals surface area (Å²) in [5, 5.41) is 0. The summed E-state index contributed by atoms with van der Waals surface area (Å²) in [6.45, 7) is 7.97. The van der Waals surface area contributed by atoms with Gasteiger partial charge in [-0.25, -0.2) is 0 Å². The lowest BCUT2D eigenvalue weighted by atomic mass is 10.0. The summed E-state index contributed by atoms with van der Waals surface area (Å²) < 4.78 is 0. The smallest absolute Gasteiger partial charge is 0.244 e. The van der Waals surface area contributed by atoms with E-state index in [1.165, 1.54) is 5.56 Å². The maximum Gasteiger partial charge on any atom is 0.244 e. The topological polar surface area (TPSA) is 49.6 Å². The average Bonchev–Trinajstić information content (AvgIpc) is 2.94. The summed E-state index contributed by atoms with van der Waals surface area (Å²) in [4.78, 5) is 16.8. The van der Waals surface area contributed by atoms with Gasteiger partial charge in [-0.15, -0.1) is 0 Å². The first-order valence-electron chi connectivity index (χ1n) is 7.80. The molecular weight excluding hydrogens is 262 g/mol. The number of rotatable bonds is 5. The summed E-state index contributed by atoms with van der Waals surface area (Å²) >= 11 is 0. The van der Waals surface area contributed by atoms with Crippen LogP contribution in [0.15, 0.2) is 24.3 Å². The van der Waals surface area contributed by atoms with Gasteiger partial charge in [0.25, 0.3) is 0 Å². The lowest BCUT2D eigenvalue weighted by Gasteiger charge is -2.22. The van der Waals surface area contributed by atoms with E-state index in [9.17, 15) is 4.79 Å². The van der Waals surface area contributed by atoms with Gasteiger partial charge in [0.2, 0.25) is 5.91 Å². The molecule has 21 heavy (non-hydrogen) atoms. The highest BCUT2D eigenvalue weighted by Gasteiger charge is 2.30. The predicted octanol–water partition coefficient (Wildman–Crippen LogP) is 1.80. The number of nitrogens with zero attached hydrogens (tertiary/aromatic N) is 2. The van der Waals surface area contributed by atoms with Crippen LogP contribution in [0.1, 0.15) is 30.5 Å². The fraction of sp³-hybridized carbons (Fsp3) is 0.588. The van der Waals surface area contributed by atoms with E-state index in [2.05, 4.69) is 18.9 Å². The molecule has 116 valence electrons. The second-order valence-electron chi connectivity index (χ2n) is 6.18. The first kappa shape index (κ1) is 16.0. The third-order valence-electron chi connectivity index (χ3n) is 4.41. The van der Waals surface area contributed by atoms with E-state index in [-0.39, 0.29) is 5.91 Å². The molecule has 2 rings (SSSR count). The second-order valence-corrected chi connectivity index (χ2v) is 6.18. The van der Waals surface area contributed by atoms with Crippen molar-refractivity contribution in [3.8, 4) is 0 Å². The van der Waals surface area contributed by atoms with Crippen molar-refractivity contribution in [2.24, 2.45) is 11.7 Å². The van der Waals surface area contributed by atoms with Crippen molar-refractivity contribution in [3.05, 3.63) is 35.4 Å². The number of hydrogen-bond acceptors (Lipinski definition) is 3. The lowest BCUT2D eigenvalue weighted by molar-refractivity contribution is -0.131. The highest BCUT2D eigenvalue weighted by molar-refractivity contribution is 5.83. The molecule has 2 atom stereocenters. The fourth-order valence-electron chi connectivity index (χ4n) is 2.86. The van der Waals surface area contributed by atoms with E-state index >= 15 is 0 Å². The van der Waals surface area contributed by atoms with Crippen LogP contribution in [-0.4, -0.2) is 48.9 Å². The Balaban J connectivity index is 1.93. The zero-order valence-electron chi connectivity index (χ0n) is 13.4. The quantitative estimate of drug-likeness (QED) is 0.899. The van der Waals surface area contributed by atoms with Crippen LogP contribution >= 0.6 is 0 Å². The SMILES string of the molecule is CCN(C)CC1CCN(C(=O)C(N)c2ccc(C)cc2)C1. The van der Waals surface area contributed by atoms with Crippen molar-refractivity contribution in [1.82, 2.24) is 9.80 Å². The van der Waals surface area contributed by atoms with Crippen LogP contribution in [0.4, 0.5) is 0 Å². The van der Waals surface area contributed by atoms with Gasteiger partial charge in [-0.3, -0.25) is 4.79 Å². The molecule has 0 saturated carbocycles. The number of likely N-dealkylation sites (tertiary alicyclic amines) is 1. The molecule has 1 fully saturated rings. The Bertz CT molecular complexity index is 471. The zero-order chi connectivity index (χ0) is 15.4. The van der Waals surface area contributed by atoms with Crippen molar-refractivity contribution in [1.29, 1.82) is 0 Å². The molecule has 0 aliphatic carbocycles. The lowest BCUT2D eigenvalue weighted by Crippen LogP contribution is -2.38. The minimum absolute atomic E-state index is 0.0560. The summed E-state index contributed by atoms with van der Waals surface area (Å²) in [7, 11) is 2.13. The Morgan fingerprint density at radius 3 is 2.71 bits per heavy atom. The van der Waals surface area contributed by atoms with Crippen molar-refractivity contribution in [2.75, 3.05) is 33.2 Å². The molecule has 0 radical (unpaired) electrons. The monoisotopic (exact) mass is 289 g/mol. The second kappa shape index (κ2) is 7.05. The van der Waals surface area contributed by atoms with Crippen LogP contribution in [0, 0.1) is 12.8 Å². The molecule has 1 aliphatic heterocycles. The molecule has 1 aliphatic rings. The summed E-state index contributed by atoms with van der Waals surface area (Å²) in [6.07, 6.45) is 1.08. The molecule has 1 aromatic rings. The highest BCUT2D eigenvalue weighted by Crippen LogP contribution is 2.21. The number of nitrogens with two attached hydrogens (primary N) is 1. The van der Waals surface area contributed by atoms with E-state index in [0.717, 1.165) is 38.2 Å². The first-order valence-corrected chi connectivity index (χ1v) is 7.80. The van der Waals surface area contributed by atoms with Gasteiger partial charge >= 0.3 is 0 Å². The van der Waals surface area contributed by atoms with Gasteiger partial charge in [0.05, 0.1) is 0 Å². The Morgan fingerprint density at radius 1 is 1.43 bits per heavy atom. The molecule has 4 nitrogen and oxygen atoms in total. The van der Waals surface area contributed by atoms with E-state index in [1.807, 2.05) is 36.1 Å². The number of benzene rings is 1. The van der Waals surface area contributed by atoms with E-state index in [1.54, 1.807) is 0 Å². The highest BCUT2D eigenvalue weighted by atomic mass is 16.2. The molecular formula is C17H27N3O. The number of aryl methyl sites for hydroxylation is 1. The molecule has 0 aromatic heterocycles. The largest absolute Gasteiger partial charge is 0.341 e. The van der Waals surface area contributed by atoms with Gasteiger partial charge in [-0.2, -0.15) is 0 Å². The molecule has 0 bridgehead atoms. The number of amides is 1. The minimum atomic E-state index is -0.534. The molecule has 4 heteroatoms. The Kier molecular flexibility index (Phi) is 5.37. The molecule has 1 heterocycles. The number of carbonyl (C=O) groups is 1. The average molecular weight is 289 g/mol. The zero-order valence-corrected chi connectivity index (χ0v) is 13.4. The van der Waals surface area contributed by atoms with Crippen LogP contribution < -0.4 is 5.73 Å². The van der Waals surface area contributed by atoms with Crippen LogP contribution in [0.5, 0.6) is 0 Å². The van der Waals surface area contributed by atoms with Gasteiger partial charge in [-0.05, 0) is 38.4 Å². The summed E-state index contributed by atoms with van der Waals surface area (Å²) in [5.41, 5.74) is 8.22. The van der Waals surface area contributed by atoms with Gasteiger partial charge < -0.3 is 15.5 Å². The van der Waals surface area contributed by atoms with Gasteiger partial charge in [0.1, 0.15) is 6.04 Å². The third kappa shape index (κ3) is 4.05. The Morgan fingerprint density at radius 2 is 2.10 bits per heavy atom. The molecule has 2 unspecified atom stereocenters. The van der Waals surface area contributed by atoms with Crippen molar-refractivity contribution < 1.29 is 4.79 Å². The molecule has 0 spiro atoms. The predicted molar refractivity (Wildman–Crippen MR) is 86.0 cm³/mol. The maximum atomic E-state index is 12.5. The fourth-order valence-corrected chi connectivity index (χ4v) is 2.86. The van der Waals surface area contributed by atoms with Crippen LogP contribution in [0.3, 0.4) is 0 Å². The van der Waals surface area contributed by atoms with Crippen LogP contribution in [-0.2, 0) is 4.79 Å². The van der Waals surface area contributed by atoms with E-state index in [0.29, 0.717) is 5.92 Å². The molecule has 2 N–H and O–H groups in total. The Labute approximate surface area is 127 Å². The van der Waals surface area contributed by atoms with Gasteiger partial charge in [0.15, 0.2) is 0 Å². The van der Waals surface area contributed by atoms with E-state index < -0.39 is 6.04 Å². The van der Waals surface area contributed by atoms with Crippen LogP contribution in [0.2, 0.25) is 0 Å². The third-order valence-corrected chi connectivity index (χ3v) is 4.41. The van der Waals surface area contributed by atoms with Gasteiger partial charge in [-0.1, -0.05) is 36.8 Å². The first-order chi connectivity index (χ1) is 10.0. The Hall–Kier alpha value is -1.39. The molecule has 1 amide bonds. The summed E-state index contributed by atoms with van der Waals surface area (Å²) in [6, 6.07) is 7.39. The summed E-state index contributed by atoms with van der Waals surface area (Å²) in [5.74, 6) is 0.629. The minimum Gasteiger partial charge on any atom is -0.341 e. The normalized spacial score (nSPS) is 20.0. The maximum absolute atomic E-state index is 12.5. The standard InChI is InChI=1S/C17H27N3O/c1-4-19(3)11-14-9-10-20(12-14)17(21)16(18)15-7-5-13(2)6-8-15/h5-8,14,16H,4,9-12,18H2,1-3H3. The van der Waals surface area contributed by atoms with Gasteiger partial charge in [0, 0.05) is 19.6 Å². The van der Waals surface area contributed by atoms with Crippen LogP contribution in [0.25, 0.3) is 0 Å². The van der Waals surface area contributed by atoms with E-state index in [4.69, 9.17) is 5.73 Å². The molecule has 1 saturated heterocycles.